The summed E-state index contributed by atoms with van der Waals surface area (Å²) in [6.45, 7) is 2.58. The highest BCUT2D eigenvalue weighted by Gasteiger charge is 2.05. The van der Waals surface area contributed by atoms with Crippen LogP contribution >= 0.6 is 0 Å². The molecule has 0 atom stereocenters. The number of imide groups is 1. The molecule has 0 unspecified atom stereocenters. The molecule has 5 nitrogen and oxygen atoms in total. The fraction of sp³-hybridized carbons (Fsp3) is 0.333. The first-order valence-corrected chi connectivity index (χ1v) is 5.59. The molecule has 0 bridgehead atoms. The molecule has 5 heteroatoms. The van der Waals surface area contributed by atoms with Crippen LogP contribution in [0.1, 0.15) is 13.3 Å². The van der Waals surface area contributed by atoms with E-state index in [1.54, 1.807) is 0 Å². The second kappa shape index (κ2) is 7.27. The molecule has 1 aromatic carbocycles. The van der Waals surface area contributed by atoms with Gasteiger partial charge in [0.1, 0.15) is 0 Å². The number of urea groups is 1. The van der Waals surface area contributed by atoms with E-state index in [1.165, 1.54) is 0 Å². The second-order valence-corrected chi connectivity index (χ2v) is 3.52. The summed E-state index contributed by atoms with van der Waals surface area (Å²) in [5, 5.41) is 7.71. The molecule has 92 valence electrons. The highest BCUT2D eigenvalue weighted by Crippen LogP contribution is 2.03. The van der Waals surface area contributed by atoms with Gasteiger partial charge < -0.3 is 10.6 Å². The molecule has 3 amide bonds. The number of carbonyl (C=O) groups excluding carboxylic acids is 2. The Morgan fingerprint density at radius 1 is 1.18 bits per heavy atom. The molecule has 0 spiro atoms. The van der Waals surface area contributed by atoms with E-state index >= 15 is 0 Å². The molecule has 0 aliphatic heterocycles. The summed E-state index contributed by atoms with van der Waals surface area (Å²) in [7, 11) is 0. The van der Waals surface area contributed by atoms with Gasteiger partial charge >= 0.3 is 6.03 Å². The highest BCUT2D eigenvalue weighted by molar-refractivity contribution is 5.96. The summed E-state index contributed by atoms with van der Waals surface area (Å²) >= 11 is 0. The van der Waals surface area contributed by atoms with E-state index in [-0.39, 0.29) is 12.5 Å². The number of amides is 3. The summed E-state index contributed by atoms with van der Waals surface area (Å²) in [4.78, 5) is 22.5. The molecule has 1 rings (SSSR count). The SMILES string of the molecule is CCCNC(=O)NC(=O)CNc1ccccc1. The zero-order chi connectivity index (χ0) is 12.5. The van der Waals surface area contributed by atoms with E-state index in [2.05, 4.69) is 16.0 Å². The molecule has 0 aliphatic rings. The molecule has 0 radical (unpaired) electrons. The first-order chi connectivity index (χ1) is 8.22. The molecular formula is C12H17N3O2. The average Bonchev–Trinajstić information content (AvgIpc) is 2.35. The van der Waals surface area contributed by atoms with Crippen molar-refractivity contribution in [3.63, 3.8) is 0 Å². The summed E-state index contributed by atoms with van der Waals surface area (Å²) < 4.78 is 0. The van der Waals surface area contributed by atoms with E-state index in [4.69, 9.17) is 0 Å². The number of carbonyl (C=O) groups is 2. The summed E-state index contributed by atoms with van der Waals surface area (Å²) in [5.74, 6) is -0.359. The van der Waals surface area contributed by atoms with Crippen LogP contribution in [0.15, 0.2) is 30.3 Å². The van der Waals surface area contributed by atoms with Crippen LogP contribution in [0, 0.1) is 0 Å². The Labute approximate surface area is 101 Å². The van der Waals surface area contributed by atoms with Crippen LogP contribution in [0.25, 0.3) is 0 Å². The molecule has 0 aliphatic carbocycles. The van der Waals surface area contributed by atoms with Crippen molar-refractivity contribution in [1.29, 1.82) is 0 Å². The molecule has 0 aromatic heterocycles. The lowest BCUT2D eigenvalue weighted by atomic mass is 10.3. The van der Waals surface area contributed by atoms with Crippen LogP contribution in [-0.4, -0.2) is 25.0 Å². The van der Waals surface area contributed by atoms with Crippen LogP contribution in [0.2, 0.25) is 0 Å². The lowest BCUT2D eigenvalue weighted by Crippen LogP contribution is -2.42. The van der Waals surface area contributed by atoms with Crippen molar-refractivity contribution in [2.75, 3.05) is 18.4 Å². The maximum absolute atomic E-state index is 11.4. The third-order valence-corrected chi connectivity index (χ3v) is 2.02. The standard InChI is InChI=1S/C12H17N3O2/c1-2-8-13-12(17)15-11(16)9-14-10-6-4-3-5-7-10/h3-7,14H,2,8-9H2,1H3,(H2,13,15,16,17). The summed E-state index contributed by atoms with van der Waals surface area (Å²) in [6.07, 6.45) is 0.837. The third kappa shape index (κ3) is 5.55. The number of nitrogens with one attached hydrogen (secondary N) is 3. The summed E-state index contributed by atoms with van der Waals surface area (Å²) in [6, 6.07) is 8.88. The molecule has 3 N–H and O–H groups in total. The molecular weight excluding hydrogens is 218 g/mol. The molecule has 0 heterocycles. The van der Waals surface area contributed by atoms with Gasteiger partial charge in [-0.25, -0.2) is 4.79 Å². The second-order valence-electron chi connectivity index (χ2n) is 3.52. The van der Waals surface area contributed by atoms with Crippen molar-refractivity contribution >= 4 is 17.6 Å². The minimum Gasteiger partial charge on any atom is -0.376 e. The Kier molecular flexibility index (Phi) is 5.57. The van der Waals surface area contributed by atoms with Gasteiger partial charge in [0.2, 0.25) is 5.91 Å². The Morgan fingerprint density at radius 3 is 2.53 bits per heavy atom. The summed E-state index contributed by atoms with van der Waals surface area (Å²) in [5.41, 5.74) is 0.844. The Morgan fingerprint density at radius 2 is 1.88 bits per heavy atom. The first kappa shape index (κ1) is 13.0. The van der Waals surface area contributed by atoms with E-state index < -0.39 is 6.03 Å². The Hall–Kier alpha value is -2.04. The van der Waals surface area contributed by atoms with Crippen molar-refractivity contribution in [3.8, 4) is 0 Å². The van der Waals surface area contributed by atoms with E-state index in [0.29, 0.717) is 6.54 Å². The van der Waals surface area contributed by atoms with E-state index in [0.717, 1.165) is 12.1 Å². The van der Waals surface area contributed by atoms with Gasteiger partial charge in [0.05, 0.1) is 6.54 Å². The van der Waals surface area contributed by atoms with E-state index in [1.807, 2.05) is 37.3 Å². The maximum atomic E-state index is 11.4. The van der Waals surface area contributed by atoms with Crippen LogP contribution in [-0.2, 0) is 4.79 Å². The van der Waals surface area contributed by atoms with Crippen LogP contribution < -0.4 is 16.0 Å². The van der Waals surface area contributed by atoms with Crippen molar-refractivity contribution in [1.82, 2.24) is 10.6 Å². The fourth-order valence-corrected chi connectivity index (χ4v) is 1.19. The molecule has 0 saturated carbocycles. The predicted octanol–water partition coefficient (Wildman–Crippen LogP) is 1.33. The van der Waals surface area contributed by atoms with Gasteiger partial charge in [-0.05, 0) is 18.6 Å². The normalized spacial score (nSPS) is 9.47. The highest BCUT2D eigenvalue weighted by atomic mass is 16.2. The Balaban J connectivity index is 2.24. The van der Waals surface area contributed by atoms with Gasteiger partial charge in [0.15, 0.2) is 0 Å². The number of benzene rings is 1. The van der Waals surface area contributed by atoms with Gasteiger partial charge in [-0.3, -0.25) is 10.1 Å². The lowest BCUT2D eigenvalue weighted by molar-refractivity contribution is -0.118. The zero-order valence-electron chi connectivity index (χ0n) is 9.82. The van der Waals surface area contributed by atoms with E-state index in [9.17, 15) is 9.59 Å². The smallest absolute Gasteiger partial charge is 0.321 e. The van der Waals surface area contributed by atoms with Gasteiger partial charge in [-0.1, -0.05) is 25.1 Å². The minimum absolute atomic E-state index is 0.0730. The fourth-order valence-electron chi connectivity index (χ4n) is 1.19. The third-order valence-electron chi connectivity index (χ3n) is 2.02. The zero-order valence-corrected chi connectivity index (χ0v) is 9.82. The van der Waals surface area contributed by atoms with Crippen molar-refractivity contribution < 1.29 is 9.59 Å². The van der Waals surface area contributed by atoms with Crippen molar-refractivity contribution in [2.45, 2.75) is 13.3 Å². The number of hydrogen-bond acceptors (Lipinski definition) is 3. The van der Waals surface area contributed by atoms with Crippen LogP contribution in [0.3, 0.4) is 0 Å². The molecule has 0 fully saturated rings. The molecule has 1 aromatic rings. The number of hydrogen-bond donors (Lipinski definition) is 3. The van der Waals surface area contributed by atoms with Crippen molar-refractivity contribution in [3.05, 3.63) is 30.3 Å². The number of anilines is 1. The van der Waals surface area contributed by atoms with Gasteiger partial charge in [-0.15, -0.1) is 0 Å². The number of rotatable bonds is 5. The topological polar surface area (TPSA) is 70.2 Å². The molecule has 0 saturated heterocycles. The monoisotopic (exact) mass is 235 g/mol. The van der Waals surface area contributed by atoms with Crippen molar-refractivity contribution in [2.24, 2.45) is 0 Å². The minimum atomic E-state index is -0.452. The number of para-hydroxylation sites is 1. The van der Waals surface area contributed by atoms with Crippen LogP contribution in [0.5, 0.6) is 0 Å². The quantitative estimate of drug-likeness (QED) is 0.721. The first-order valence-electron chi connectivity index (χ1n) is 5.59. The predicted molar refractivity (Wildman–Crippen MR) is 66.8 cm³/mol. The lowest BCUT2D eigenvalue weighted by Gasteiger charge is -2.07. The van der Waals surface area contributed by atoms with Gasteiger partial charge in [-0.2, -0.15) is 0 Å². The maximum Gasteiger partial charge on any atom is 0.321 e. The largest absolute Gasteiger partial charge is 0.376 e. The van der Waals surface area contributed by atoms with Crippen LogP contribution in [0.4, 0.5) is 10.5 Å². The Bertz CT molecular complexity index is 365. The van der Waals surface area contributed by atoms with Gasteiger partial charge in [0, 0.05) is 12.2 Å². The van der Waals surface area contributed by atoms with Gasteiger partial charge in [0.25, 0.3) is 0 Å². The average molecular weight is 235 g/mol. The molecule has 17 heavy (non-hydrogen) atoms.